The molecule has 0 aliphatic carbocycles. The Balaban J connectivity index is 1.79. The van der Waals surface area contributed by atoms with Crippen LogP contribution in [0.4, 0.5) is 4.79 Å². The van der Waals surface area contributed by atoms with Crippen molar-refractivity contribution < 1.29 is 9.59 Å². The smallest absolute Gasteiger partial charge is 0.315 e. The van der Waals surface area contributed by atoms with Crippen LogP contribution < -0.4 is 5.32 Å². The van der Waals surface area contributed by atoms with E-state index in [9.17, 15) is 9.59 Å². The van der Waals surface area contributed by atoms with Gasteiger partial charge in [0.25, 0.3) is 5.91 Å². The van der Waals surface area contributed by atoms with Crippen molar-refractivity contribution in [1.82, 2.24) is 10.2 Å². The molecule has 1 N–H and O–H groups in total. The maximum atomic E-state index is 13.8. The Hall–Kier alpha value is -3.91. The van der Waals surface area contributed by atoms with Gasteiger partial charge >= 0.3 is 6.03 Å². The van der Waals surface area contributed by atoms with E-state index in [4.69, 9.17) is 5.26 Å². The van der Waals surface area contributed by atoms with E-state index in [1.54, 1.807) is 24.3 Å². The zero-order valence-corrected chi connectivity index (χ0v) is 16.8. The summed E-state index contributed by atoms with van der Waals surface area (Å²) in [6.45, 7) is 4.14. The van der Waals surface area contributed by atoms with Gasteiger partial charge in [0.2, 0.25) is 0 Å². The summed E-state index contributed by atoms with van der Waals surface area (Å²) in [6, 6.07) is 23.7. The maximum Gasteiger partial charge on any atom is 0.325 e. The summed E-state index contributed by atoms with van der Waals surface area (Å²) >= 11 is 0. The van der Waals surface area contributed by atoms with E-state index in [-0.39, 0.29) is 12.5 Å². The third-order valence-electron chi connectivity index (χ3n) is 5.68. The molecule has 1 atom stereocenters. The van der Waals surface area contributed by atoms with Crippen LogP contribution in [-0.2, 0) is 16.9 Å². The van der Waals surface area contributed by atoms with E-state index >= 15 is 0 Å². The highest BCUT2D eigenvalue weighted by molar-refractivity contribution is 6.09. The van der Waals surface area contributed by atoms with Crippen LogP contribution in [0.2, 0.25) is 0 Å². The standard InChI is InChI=1S/C25H21N3O2/c1-17-8-13-22(14-18(17)2)25(21-6-4-3-5-7-21)23(29)28(24(30)27-25)16-20-11-9-19(15-26)10-12-20/h3-14H,16H2,1-2H3,(H,27,30)/t25-/m1/s1. The summed E-state index contributed by atoms with van der Waals surface area (Å²) in [5, 5.41) is 12.0. The zero-order valence-electron chi connectivity index (χ0n) is 16.8. The average Bonchev–Trinajstić information content (AvgIpc) is 3.02. The molecule has 1 aliphatic heterocycles. The summed E-state index contributed by atoms with van der Waals surface area (Å²) in [4.78, 5) is 28.0. The number of hydrogen-bond acceptors (Lipinski definition) is 3. The molecule has 1 saturated heterocycles. The van der Waals surface area contributed by atoms with Crippen molar-refractivity contribution >= 4 is 11.9 Å². The lowest BCUT2D eigenvalue weighted by Crippen LogP contribution is -2.45. The van der Waals surface area contributed by atoms with Gasteiger partial charge in [-0.2, -0.15) is 5.26 Å². The fraction of sp³-hybridized carbons (Fsp3) is 0.160. The number of aryl methyl sites for hydroxylation is 2. The lowest BCUT2D eigenvalue weighted by Gasteiger charge is -2.28. The highest BCUT2D eigenvalue weighted by Crippen LogP contribution is 2.37. The number of urea groups is 1. The van der Waals surface area contributed by atoms with Crippen LogP contribution in [0, 0.1) is 25.2 Å². The summed E-state index contributed by atoms with van der Waals surface area (Å²) in [6.07, 6.45) is 0. The Bertz CT molecular complexity index is 1160. The lowest BCUT2D eigenvalue weighted by molar-refractivity contribution is -0.130. The predicted molar refractivity (Wildman–Crippen MR) is 113 cm³/mol. The van der Waals surface area contributed by atoms with Gasteiger partial charge < -0.3 is 5.32 Å². The van der Waals surface area contributed by atoms with Crippen molar-refractivity contribution in [2.24, 2.45) is 0 Å². The van der Waals surface area contributed by atoms with Crippen molar-refractivity contribution in [3.63, 3.8) is 0 Å². The van der Waals surface area contributed by atoms with Crippen LogP contribution in [0.5, 0.6) is 0 Å². The van der Waals surface area contributed by atoms with Gasteiger partial charge in [-0.3, -0.25) is 9.69 Å². The number of carbonyl (C=O) groups excluding carboxylic acids is 2. The van der Waals surface area contributed by atoms with Crippen LogP contribution >= 0.6 is 0 Å². The Morgan fingerprint density at radius 3 is 2.23 bits per heavy atom. The van der Waals surface area contributed by atoms with Crippen LogP contribution in [0.1, 0.15) is 33.4 Å². The Kier molecular flexibility index (Phi) is 4.85. The minimum Gasteiger partial charge on any atom is -0.315 e. The minimum absolute atomic E-state index is 0.135. The molecule has 5 heteroatoms. The molecule has 1 aliphatic rings. The molecular weight excluding hydrogens is 374 g/mol. The molecule has 0 aromatic heterocycles. The number of benzene rings is 3. The molecule has 30 heavy (non-hydrogen) atoms. The second-order valence-electron chi connectivity index (χ2n) is 7.55. The molecule has 3 amide bonds. The molecular formula is C25H21N3O2. The molecule has 0 spiro atoms. The normalized spacial score (nSPS) is 18.2. The minimum atomic E-state index is -1.27. The Morgan fingerprint density at radius 1 is 0.900 bits per heavy atom. The van der Waals surface area contributed by atoms with Crippen molar-refractivity contribution in [3.05, 3.63) is 106 Å². The molecule has 0 unspecified atom stereocenters. The van der Waals surface area contributed by atoms with Gasteiger partial charge in [-0.1, -0.05) is 60.7 Å². The SMILES string of the molecule is Cc1ccc([C@@]2(c3ccccc3)NC(=O)N(Cc3ccc(C#N)cc3)C2=O)cc1C. The van der Waals surface area contributed by atoms with Gasteiger partial charge in [0.05, 0.1) is 18.2 Å². The molecule has 0 saturated carbocycles. The molecule has 4 rings (SSSR count). The van der Waals surface area contributed by atoms with E-state index in [0.717, 1.165) is 22.3 Å². The monoisotopic (exact) mass is 395 g/mol. The summed E-state index contributed by atoms with van der Waals surface area (Å²) < 4.78 is 0. The molecule has 0 radical (unpaired) electrons. The first-order chi connectivity index (χ1) is 14.5. The van der Waals surface area contributed by atoms with Crippen molar-refractivity contribution in [3.8, 4) is 6.07 Å². The summed E-state index contributed by atoms with van der Waals surface area (Å²) in [5.41, 5.74) is 3.66. The maximum absolute atomic E-state index is 13.8. The number of rotatable bonds is 4. The zero-order chi connectivity index (χ0) is 21.3. The highest BCUT2D eigenvalue weighted by atomic mass is 16.2. The first-order valence-corrected chi connectivity index (χ1v) is 9.72. The highest BCUT2D eigenvalue weighted by Gasteiger charge is 2.53. The van der Waals surface area contributed by atoms with Gasteiger partial charge in [-0.05, 0) is 53.8 Å². The molecule has 3 aromatic carbocycles. The first-order valence-electron chi connectivity index (χ1n) is 9.72. The number of hydrogen-bond donors (Lipinski definition) is 1. The number of nitriles is 1. The van der Waals surface area contributed by atoms with Gasteiger partial charge in [0.15, 0.2) is 5.54 Å². The largest absolute Gasteiger partial charge is 0.325 e. The molecule has 3 aromatic rings. The van der Waals surface area contributed by atoms with E-state index in [1.807, 2.05) is 62.4 Å². The van der Waals surface area contributed by atoms with E-state index < -0.39 is 11.6 Å². The Morgan fingerprint density at radius 2 is 1.60 bits per heavy atom. The Labute approximate surface area is 175 Å². The van der Waals surface area contributed by atoms with Crippen molar-refractivity contribution in [2.75, 3.05) is 0 Å². The quantitative estimate of drug-likeness (QED) is 0.674. The van der Waals surface area contributed by atoms with Gasteiger partial charge in [0.1, 0.15) is 0 Å². The summed E-state index contributed by atoms with van der Waals surface area (Å²) in [5.74, 6) is -0.314. The van der Waals surface area contributed by atoms with Crippen LogP contribution in [0.15, 0.2) is 72.8 Å². The molecule has 5 nitrogen and oxygen atoms in total. The number of nitrogens with one attached hydrogen (secondary N) is 1. The lowest BCUT2D eigenvalue weighted by atomic mass is 9.81. The predicted octanol–water partition coefficient (Wildman–Crippen LogP) is 4.17. The summed E-state index contributed by atoms with van der Waals surface area (Å²) in [7, 11) is 0. The van der Waals surface area contributed by atoms with E-state index in [2.05, 4.69) is 11.4 Å². The van der Waals surface area contributed by atoms with Gasteiger partial charge in [-0.15, -0.1) is 0 Å². The van der Waals surface area contributed by atoms with Crippen LogP contribution in [0.25, 0.3) is 0 Å². The fourth-order valence-corrected chi connectivity index (χ4v) is 3.81. The average molecular weight is 395 g/mol. The van der Waals surface area contributed by atoms with Gasteiger partial charge in [0, 0.05) is 0 Å². The third-order valence-corrected chi connectivity index (χ3v) is 5.68. The first kappa shape index (κ1) is 19.4. The fourth-order valence-electron chi connectivity index (χ4n) is 3.81. The second-order valence-corrected chi connectivity index (χ2v) is 7.55. The van der Waals surface area contributed by atoms with Crippen molar-refractivity contribution in [1.29, 1.82) is 5.26 Å². The van der Waals surface area contributed by atoms with Crippen LogP contribution in [-0.4, -0.2) is 16.8 Å². The number of imide groups is 1. The van der Waals surface area contributed by atoms with E-state index in [1.165, 1.54) is 4.90 Å². The second kappa shape index (κ2) is 7.49. The number of amides is 3. The number of carbonyl (C=O) groups is 2. The number of nitrogens with zero attached hydrogens (tertiary/aromatic N) is 2. The molecule has 1 heterocycles. The topological polar surface area (TPSA) is 73.2 Å². The molecule has 148 valence electrons. The van der Waals surface area contributed by atoms with E-state index in [0.29, 0.717) is 11.1 Å². The van der Waals surface area contributed by atoms with Crippen molar-refractivity contribution in [2.45, 2.75) is 25.9 Å². The van der Waals surface area contributed by atoms with Crippen LogP contribution in [0.3, 0.4) is 0 Å². The third kappa shape index (κ3) is 3.13. The molecule has 1 fully saturated rings. The van der Waals surface area contributed by atoms with Gasteiger partial charge in [-0.25, -0.2) is 4.79 Å². The molecule has 0 bridgehead atoms.